The van der Waals surface area contributed by atoms with E-state index in [1.807, 2.05) is 0 Å². The number of thiazole rings is 1. The van der Waals surface area contributed by atoms with Gasteiger partial charge in [0.2, 0.25) is 0 Å². The first-order chi connectivity index (χ1) is 9.40. The summed E-state index contributed by atoms with van der Waals surface area (Å²) in [6.07, 6.45) is 6.53. The molecule has 2 aliphatic rings. The Morgan fingerprint density at radius 2 is 2.32 bits per heavy atom. The van der Waals surface area contributed by atoms with E-state index >= 15 is 0 Å². The Hall–Kier alpha value is -0.490. The lowest BCUT2D eigenvalue weighted by atomic mass is 10.1. The first-order valence-electron chi connectivity index (χ1n) is 7.26. The molecule has 1 aromatic heterocycles. The van der Waals surface area contributed by atoms with Crippen LogP contribution in [0, 0.1) is 0 Å². The number of hydrogen-bond acceptors (Lipinski definition) is 5. The summed E-state index contributed by atoms with van der Waals surface area (Å²) in [5, 5.41) is 6.75. The van der Waals surface area contributed by atoms with E-state index in [1.54, 1.807) is 11.3 Å². The Labute approximate surface area is 118 Å². The van der Waals surface area contributed by atoms with Crippen molar-refractivity contribution in [3.05, 3.63) is 16.1 Å². The Balaban J connectivity index is 1.34. The Bertz CT molecular complexity index is 387. The van der Waals surface area contributed by atoms with Crippen molar-refractivity contribution in [3.63, 3.8) is 0 Å². The number of ether oxygens (including phenoxy) is 2. The second-order valence-electron chi connectivity index (χ2n) is 5.39. The van der Waals surface area contributed by atoms with Gasteiger partial charge in [-0.25, -0.2) is 4.98 Å². The van der Waals surface area contributed by atoms with Crippen LogP contribution < -0.4 is 5.32 Å². The lowest BCUT2D eigenvalue weighted by Crippen LogP contribution is -2.24. The molecular weight excluding hydrogens is 260 g/mol. The second kappa shape index (κ2) is 6.79. The van der Waals surface area contributed by atoms with Gasteiger partial charge in [-0.3, -0.25) is 0 Å². The molecule has 2 fully saturated rings. The number of hydrogen-bond donors (Lipinski definition) is 1. The van der Waals surface area contributed by atoms with Gasteiger partial charge in [-0.1, -0.05) is 0 Å². The fourth-order valence-corrected chi connectivity index (χ4v) is 2.98. The molecule has 1 unspecified atom stereocenters. The minimum absolute atomic E-state index is 0.295. The van der Waals surface area contributed by atoms with Crippen LogP contribution in [0.2, 0.25) is 0 Å². The van der Waals surface area contributed by atoms with Crippen LogP contribution in [0.3, 0.4) is 0 Å². The van der Waals surface area contributed by atoms with E-state index in [1.165, 1.54) is 30.7 Å². The molecule has 0 radical (unpaired) electrons. The number of nitrogens with one attached hydrogen (secondary N) is 1. The molecule has 1 aliphatic carbocycles. The third-order valence-electron chi connectivity index (χ3n) is 3.55. The molecule has 1 N–H and O–H groups in total. The average Bonchev–Trinajstić information content (AvgIpc) is 3.17. The van der Waals surface area contributed by atoms with Gasteiger partial charge in [-0.15, -0.1) is 11.3 Å². The number of nitrogens with zero attached hydrogens (tertiary/aromatic N) is 1. The number of aromatic nitrogens is 1. The molecule has 1 aliphatic heterocycles. The predicted octanol–water partition coefficient (Wildman–Crippen LogP) is 2.48. The monoisotopic (exact) mass is 282 g/mol. The SMILES string of the molecule is c1sc(CNC2CC2)nc1COCC1CCCCO1. The maximum atomic E-state index is 5.71. The van der Waals surface area contributed by atoms with Crippen molar-refractivity contribution >= 4 is 11.3 Å². The van der Waals surface area contributed by atoms with Crippen LogP contribution in [0.1, 0.15) is 42.8 Å². The average molecular weight is 282 g/mol. The van der Waals surface area contributed by atoms with Gasteiger partial charge in [0.15, 0.2) is 0 Å². The summed E-state index contributed by atoms with van der Waals surface area (Å²) in [7, 11) is 0. The smallest absolute Gasteiger partial charge is 0.107 e. The molecule has 106 valence electrons. The van der Waals surface area contributed by atoms with E-state index < -0.39 is 0 Å². The van der Waals surface area contributed by atoms with Crippen LogP contribution >= 0.6 is 11.3 Å². The van der Waals surface area contributed by atoms with Crippen molar-refractivity contribution in [3.8, 4) is 0 Å². The van der Waals surface area contributed by atoms with Crippen molar-refractivity contribution in [1.82, 2.24) is 10.3 Å². The molecular formula is C14H22N2O2S. The molecule has 4 nitrogen and oxygen atoms in total. The zero-order valence-corrected chi connectivity index (χ0v) is 12.1. The molecule has 1 saturated carbocycles. The van der Waals surface area contributed by atoms with E-state index in [0.717, 1.165) is 31.3 Å². The van der Waals surface area contributed by atoms with Gasteiger partial charge in [-0.05, 0) is 32.1 Å². The highest BCUT2D eigenvalue weighted by atomic mass is 32.1. The minimum Gasteiger partial charge on any atom is -0.376 e. The summed E-state index contributed by atoms with van der Waals surface area (Å²) in [5.41, 5.74) is 1.05. The van der Waals surface area contributed by atoms with Crippen molar-refractivity contribution < 1.29 is 9.47 Å². The molecule has 0 bridgehead atoms. The third kappa shape index (κ3) is 4.53. The summed E-state index contributed by atoms with van der Waals surface area (Å²) >= 11 is 1.72. The van der Waals surface area contributed by atoms with Crippen molar-refractivity contribution in [2.75, 3.05) is 13.2 Å². The van der Waals surface area contributed by atoms with Crippen molar-refractivity contribution in [2.24, 2.45) is 0 Å². The Morgan fingerprint density at radius 1 is 1.37 bits per heavy atom. The van der Waals surface area contributed by atoms with E-state index in [4.69, 9.17) is 9.47 Å². The zero-order valence-electron chi connectivity index (χ0n) is 11.3. The summed E-state index contributed by atoms with van der Waals surface area (Å²) in [6, 6.07) is 0.743. The third-order valence-corrected chi connectivity index (χ3v) is 4.44. The van der Waals surface area contributed by atoms with Gasteiger partial charge in [-0.2, -0.15) is 0 Å². The lowest BCUT2D eigenvalue weighted by molar-refractivity contribution is -0.0452. The molecule has 1 aromatic rings. The molecule has 1 atom stereocenters. The van der Waals surface area contributed by atoms with Crippen LogP contribution in [0.25, 0.3) is 0 Å². The van der Waals surface area contributed by atoms with Crippen LogP contribution in [0.15, 0.2) is 5.38 Å². The standard InChI is InChI=1S/C14H22N2O2S/c1-2-6-18-13(3-1)9-17-8-12-10-19-14(16-12)7-15-11-4-5-11/h10-11,13,15H,1-9H2. The molecule has 3 rings (SSSR count). The summed E-state index contributed by atoms with van der Waals surface area (Å²) in [4.78, 5) is 4.58. The van der Waals surface area contributed by atoms with E-state index in [9.17, 15) is 0 Å². The van der Waals surface area contributed by atoms with Crippen molar-refractivity contribution in [2.45, 2.75) is 57.4 Å². The van der Waals surface area contributed by atoms with E-state index in [0.29, 0.717) is 19.3 Å². The molecule has 5 heteroatoms. The maximum absolute atomic E-state index is 5.71. The molecule has 1 saturated heterocycles. The van der Waals surface area contributed by atoms with Gasteiger partial charge in [0.25, 0.3) is 0 Å². The van der Waals surface area contributed by atoms with Gasteiger partial charge in [0, 0.05) is 24.6 Å². The maximum Gasteiger partial charge on any atom is 0.107 e. The highest BCUT2D eigenvalue weighted by Gasteiger charge is 2.20. The van der Waals surface area contributed by atoms with Crippen LogP contribution in [0.4, 0.5) is 0 Å². The molecule has 0 spiro atoms. The highest BCUT2D eigenvalue weighted by molar-refractivity contribution is 7.09. The summed E-state index contributed by atoms with van der Waals surface area (Å²) in [5.74, 6) is 0. The van der Waals surface area contributed by atoms with Gasteiger partial charge < -0.3 is 14.8 Å². The van der Waals surface area contributed by atoms with E-state index in [-0.39, 0.29) is 0 Å². The van der Waals surface area contributed by atoms with Gasteiger partial charge in [0.05, 0.1) is 25.0 Å². The van der Waals surface area contributed by atoms with E-state index in [2.05, 4.69) is 15.7 Å². The normalized spacial score (nSPS) is 23.7. The summed E-state index contributed by atoms with van der Waals surface area (Å²) < 4.78 is 11.3. The topological polar surface area (TPSA) is 43.4 Å². The molecule has 19 heavy (non-hydrogen) atoms. The fourth-order valence-electron chi connectivity index (χ4n) is 2.25. The summed E-state index contributed by atoms with van der Waals surface area (Å²) in [6.45, 7) is 3.11. The molecule has 2 heterocycles. The van der Waals surface area contributed by atoms with Crippen LogP contribution in [-0.4, -0.2) is 30.3 Å². The largest absolute Gasteiger partial charge is 0.376 e. The lowest BCUT2D eigenvalue weighted by Gasteiger charge is -2.22. The van der Waals surface area contributed by atoms with Gasteiger partial charge in [0.1, 0.15) is 5.01 Å². The van der Waals surface area contributed by atoms with Crippen LogP contribution in [0.5, 0.6) is 0 Å². The van der Waals surface area contributed by atoms with Gasteiger partial charge >= 0.3 is 0 Å². The number of rotatable bonds is 7. The Morgan fingerprint density at radius 3 is 3.11 bits per heavy atom. The predicted molar refractivity (Wildman–Crippen MR) is 75.2 cm³/mol. The van der Waals surface area contributed by atoms with Crippen molar-refractivity contribution in [1.29, 1.82) is 0 Å². The first kappa shape index (κ1) is 13.5. The molecule has 0 aromatic carbocycles. The van der Waals surface area contributed by atoms with Crippen LogP contribution in [-0.2, 0) is 22.6 Å². The fraction of sp³-hybridized carbons (Fsp3) is 0.786. The molecule has 0 amide bonds. The quantitative estimate of drug-likeness (QED) is 0.834. The second-order valence-corrected chi connectivity index (χ2v) is 6.33. The Kier molecular flexibility index (Phi) is 4.82. The highest BCUT2D eigenvalue weighted by Crippen LogP contribution is 2.20. The zero-order chi connectivity index (χ0) is 12.9. The first-order valence-corrected chi connectivity index (χ1v) is 8.14. The minimum atomic E-state index is 0.295.